The zero-order valence-corrected chi connectivity index (χ0v) is 15.5. The van der Waals surface area contributed by atoms with Crippen LogP contribution in [0.25, 0.3) is 5.57 Å². The van der Waals surface area contributed by atoms with Crippen LogP contribution in [0.1, 0.15) is 57.4 Å². The molecule has 0 heterocycles. The SMILES string of the molecule is C=CC1=C(C=C)c2ccc(C(C)OC(=O)C(C)C(C)(C)C)cc2C1. The summed E-state index contributed by atoms with van der Waals surface area (Å²) >= 11 is 0. The van der Waals surface area contributed by atoms with E-state index in [1.807, 2.05) is 32.1 Å². The number of ether oxygens (including phenoxy) is 1. The zero-order valence-electron chi connectivity index (χ0n) is 15.5. The van der Waals surface area contributed by atoms with Gasteiger partial charge in [-0.05, 0) is 46.6 Å². The van der Waals surface area contributed by atoms with Crippen molar-refractivity contribution in [2.75, 3.05) is 0 Å². The molecule has 0 bridgehead atoms. The minimum absolute atomic E-state index is 0.101. The van der Waals surface area contributed by atoms with E-state index < -0.39 is 0 Å². The molecule has 0 radical (unpaired) electrons. The van der Waals surface area contributed by atoms with Crippen molar-refractivity contribution >= 4 is 11.5 Å². The fraction of sp³-hybridized carbons (Fsp3) is 0.409. The summed E-state index contributed by atoms with van der Waals surface area (Å²) in [6.45, 7) is 17.8. The van der Waals surface area contributed by atoms with Crippen molar-refractivity contribution in [3.63, 3.8) is 0 Å². The molecule has 2 atom stereocenters. The second kappa shape index (κ2) is 6.80. The highest BCUT2D eigenvalue weighted by Crippen LogP contribution is 2.36. The summed E-state index contributed by atoms with van der Waals surface area (Å²) in [7, 11) is 0. The maximum atomic E-state index is 12.3. The summed E-state index contributed by atoms with van der Waals surface area (Å²) in [6, 6.07) is 6.26. The van der Waals surface area contributed by atoms with E-state index in [0.29, 0.717) is 0 Å². The summed E-state index contributed by atoms with van der Waals surface area (Å²) in [5.74, 6) is -0.289. The summed E-state index contributed by atoms with van der Waals surface area (Å²) in [4.78, 5) is 12.3. The Morgan fingerprint density at radius 1 is 1.21 bits per heavy atom. The maximum Gasteiger partial charge on any atom is 0.309 e. The first kappa shape index (κ1) is 18.3. The van der Waals surface area contributed by atoms with Crippen LogP contribution in [0.3, 0.4) is 0 Å². The van der Waals surface area contributed by atoms with E-state index in [0.717, 1.165) is 17.6 Å². The average Bonchev–Trinajstić information content (AvgIpc) is 2.89. The van der Waals surface area contributed by atoms with Gasteiger partial charge in [-0.2, -0.15) is 0 Å². The Kier molecular flexibility index (Phi) is 5.17. The van der Waals surface area contributed by atoms with Crippen molar-refractivity contribution in [3.05, 3.63) is 65.8 Å². The van der Waals surface area contributed by atoms with E-state index in [1.54, 1.807) is 0 Å². The molecule has 128 valence electrons. The molecule has 1 aliphatic rings. The first-order valence-corrected chi connectivity index (χ1v) is 8.50. The summed E-state index contributed by atoms with van der Waals surface area (Å²) < 4.78 is 5.70. The van der Waals surface area contributed by atoms with Crippen LogP contribution < -0.4 is 0 Å². The third-order valence-electron chi connectivity index (χ3n) is 5.01. The van der Waals surface area contributed by atoms with E-state index in [9.17, 15) is 4.79 Å². The summed E-state index contributed by atoms with van der Waals surface area (Å²) in [6.07, 6.45) is 4.38. The van der Waals surface area contributed by atoms with Crippen LogP contribution >= 0.6 is 0 Å². The molecule has 0 saturated heterocycles. The minimum Gasteiger partial charge on any atom is -0.458 e. The molecule has 0 spiro atoms. The molecule has 0 saturated carbocycles. The van der Waals surface area contributed by atoms with Crippen LogP contribution in [0.2, 0.25) is 0 Å². The molecule has 2 heteroatoms. The molecule has 0 aromatic heterocycles. The molecule has 24 heavy (non-hydrogen) atoms. The van der Waals surface area contributed by atoms with Gasteiger partial charge in [0.05, 0.1) is 5.92 Å². The lowest BCUT2D eigenvalue weighted by atomic mass is 9.82. The van der Waals surface area contributed by atoms with Crippen molar-refractivity contribution in [2.45, 2.75) is 47.1 Å². The average molecular weight is 324 g/mol. The first-order chi connectivity index (χ1) is 11.2. The lowest BCUT2D eigenvalue weighted by Crippen LogP contribution is -2.28. The van der Waals surface area contributed by atoms with E-state index in [-0.39, 0.29) is 23.4 Å². The first-order valence-electron chi connectivity index (χ1n) is 8.50. The van der Waals surface area contributed by atoms with Gasteiger partial charge < -0.3 is 4.74 Å². The zero-order chi connectivity index (χ0) is 18.1. The van der Waals surface area contributed by atoms with Gasteiger partial charge in [0.25, 0.3) is 0 Å². The van der Waals surface area contributed by atoms with Gasteiger partial charge in [0.1, 0.15) is 6.10 Å². The van der Waals surface area contributed by atoms with E-state index in [2.05, 4.69) is 46.1 Å². The third kappa shape index (κ3) is 3.53. The standard InChI is InChI=1S/C22H28O2/c1-8-16-12-18-13-17(10-11-20(18)19(16)9-2)15(4)24-21(23)14(3)22(5,6)7/h8-11,13-15H,1-2,12H2,3-7H3. The van der Waals surface area contributed by atoms with Crippen molar-refractivity contribution in [1.29, 1.82) is 0 Å². The largest absolute Gasteiger partial charge is 0.458 e. The highest BCUT2D eigenvalue weighted by molar-refractivity contribution is 5.84. The number of hydrogen-bond donors (Lipinski definition) is 0. The Morgan fingerprint density at radius 2 is 1.88 bits per heavy atom. The number of esters is 1. The molecule has 2 nitrogen and oxygen atoms in total. The van der Waals surface area contributed by atoms with Gasteiger partial charge in [-0.1, -0.05) is 71.2 Å². The molecule has 0 N–H and O–H groups in total. The van der Waals surface area contributed by atoms with E-state index in [4.69, 9.17) is 4.74 Å². The van der Waals surface area contributed by atoms with Gasteiger partial charge in [0.2, 0.25) is 0 Å². The molecular formula is C22H28O2. The highest BCUT2D eigenvalue weighted by Gasteiger charge is 2.29. The van der Waals surface area contributed by atoms with Gasteiger partial charge in [0.15, 0.2) is 0 Å². The van der Waals surface area contributed by atoms with Gasteiger partial charge in [0, 0.05) is 0 Å². The van der Waals surface area contributed by atoms with Gasteiger partial charge >= 0.3 is 5.97 Å². The second-order valence-corrected chi connectivity index (χ2v) is 7.61. The summed E-state index contributed by atoms with van der Waals surface area (Å²) in [5, 5.41) is 0. The van der Waals surface area contributed by atoms with E-state index in [1.165, 1.54) is 16.7 Å². The van der Waals surface area contributed by atoms with Gasteiger partial charge in [-0.3, -0.25) is 4.79 Å². The fourth-order valence-corrected chi connectivity index (χ4v) is 2.87. The molecular weight excluding hydrogens is 296 g/mol. The Bertz CT molecular complexity index is 701. The lowest BCUT2D eigenvalue weighted by Gasteiger charge is -2.27. The van der Waals surface area contributed by atoms with Crippen LogP contribution in [0.15, 0.2) is 49.1 Å². The third-order valence-corrected chi connectivity index (χ3v) is 5.01. The molecule has 1 aromatic carbocycles. The van der Waals surface area contributed by atoms with Crippen molar-refractivity contribution < 1.29 is 9.53 Å². The minimum atomic E-state index is -0.257. The van der Waals surface area contributed by atoms with Crippen LogP contribution in [0.5, 0.6) is 0 Å². The fourth-order valence-electron chi connectivity index (χ4n) is 2.87. The molecule has 0 amide bonds. The Balaban J connectivity index is 2.17. The van der Waals surface area contributed by atoms with Crippen LogP contribution in [-0.2, 0) is 16.0 Å². The van der Waals surface area contributed by atoms with Crippen LogP contribution in [-0.4, -0.2) is 5.97 Å². The number of rotatable bonds is 5. The van der Waals surface area contributed by atoms with Crippen LogP contribution in [0.4, 0.5) is 0 Å². The van der Waals surface area contributed by atoms with Gasteiger partial charge in [-0.25, -0.2) is 0 Å². The Labute approximate surface area is 145 Å². The Morgan fingerprint density at radius 3 is 2.42 bits per heavy atom. The number of carbonyl (C=O) groups is 1. The predicted molar refractivity (Wildman–Crippen MR) is 101 cm³/mol. The van der Waals surface area contributed by atoms with Crippen molar-refractivity contribution in [3.8, 4) is 0 Å². The second-order valence-electron chi connectivity index (χ2n) is 7.61. The molecule has 0 aliphatic heterocycles. The molecule has 0 fully saturated rings. The normalized spacial score (nSPS) is 16.4. The van der Waals surface area contributed by atoms with E-state index >= 15 is 0 Å². The lowest BCUT2D eigenvalue weighted by molar-refractivity contribution is -0.156. The Hall–Kier alpha value is -2.09. The number of fused-ring (bicyclic) bond motifs is 1. The van der Waals surface area contributed by atoms with Crippen LogP contribution in [0, 0.1) is 11.3 Å². The highest BCUT2D eigenvalue weighted by atomic mass is 16.5. The smallest absolute Gasteiger partial charge is 0.309 e. The summed E-state index contributed by atoms with van der Waals surface area (Å²) in [5.41, 5.74) is 5.71. The molecule has 1 aromatic rings. The number of carbonyl (C=O) groups excluding carboxylic acids is 1. The van der Waals surface area contributed by atoms with Crippen molar-refractivity contribution in [1.82, 2.24) is 0 Å². The quantitative estimate of drug-likeness (QED) is 0.654. The topological polar surface area (TPSA) is 26.3 Å². The molecule has 1 aliphatic carbocycles. The maximum absolute atomic E-state index is 12.3. The van der Waals surface area contributed by atoms with Crippen molar-refractivity contribution in [2.24, 2.45) is 11.3 Å². The molecule has 2 rings (SSSR count). The number of allylic oxidation sites excluding steroid dienone is 4. The molecule has 2 unspecified atom stereocenters. The number of hydrogen-bond acceptors (Lipinski definition) is 2. The monoisotopic (exact) mass is 324 g/mol. The number of benzene rings is 1. The predicted octanol–water partition coefficient (Wildman–Crippen LogP) is 5.65. The van der Waals surface area contributed by atoms with Gasteiger partial charge in [-0.15, -0.1) is 0 Å².